The molecule has 0 aromatic carbocycles. The molecule has 0 aromatic heterocycles. The molecule has 0 amide bonds. The van der Waals surface area contributed by atoms with Gasteiger partial charge in [0.2, 0.25) is 0 Å². The lowest BCUT2D eigenvalue weighted by atomic mass is 10.1. The molecule has 0 aromatic rings. The minimum Gasteiger partial charge on any atom is -0.380 e. The summed E-state index contributed by atoms with van der Waals surface area (Å²) in [5.41, 5.74) is 0. The lowest BCUT2D eigenvalue weighted by Crippen LogP contribution is -2.43. The molecule has 1 rings (SSSR count). The van der Waals surface area contributed by atoms with Crippen LogP contribution in [0.25, 0.3) is 0 Å². The number of hydrogen-bond donors (Lipinski definition) is 1. The van der Waals surface area contributed by atoms with E-state index in [4.69, 9.17) is 4.74 Å². The Bertz CT molecular complexity index is 156. The zero-order valence-electron chi connectivity index (χ0n) is 11.0. The average Bonchev–Trinajstić information content (AvgIpc) is 2.31. The fourth-order valence-corrected chi connectivity index (χ4v) is 2.26. The molecule has 0 aliphatic carbocycles. The van der Waals surface area contributed by atoms with Crippen molar-refractivity contribution in [3.63, 3.8) is 0 Å². The van der Waals surface area contributed by atoms with E-state index in [9.17, 15) is 0 Å². The monoisotopic (exact) mass is 228 g/mol. The van der Waals surface area contributed by atoms with Gasteiger partial charge in [-0.2, -0.15) is 0 Å². The van der Waals surface area contributed by atoms with Gasteiger partial charge in [0, 0.05) is 19.2 Å². The van der Waals surface area contributed by atoms with Gasteiger partial charge in [-0.15, -0.1) is 0 Å². The molecule has 0 bridgehead atoms. The minimum absolute atomic E-state index is 0.721. The maximum absolute atomic E-state index is 5.46. The van der Waals surface area contributed by atoms with Crippen molar-refractivity contribution in [3.05, 3.63) is 0 Å². The van der Waals surface area contributed by atoms with Gasteiger partial charge in [0.1, 0.15) is 0 Å². The summed E-state index contributed by atoms with van der Waals surface area (Å²) in [4.78, 5) is 2.58. The number of rotatable bonds is 8. The zero-order valence-corrected chi connectivity index (χ0v) is 11.0. The third kappa shape index (κ3) is 5.83. The fourth-order valence-electron chi connectivity index (χ4n) is 2.26. The highest BCUT2D eigenvalue weighted by Crippen LogP contribution is 2.10. The Hall–Kier alpha value is -0.120. The van der Waals surface area contributed by atoms with E-state index in [1.807, 2.05) is 0 Å². The number of nitrogens with one attached hydrogen (secondary N) is 1. The third-order valence-electron chi connectivity index (χ3n) is 3.16. The maximum atomic E-state index is 5.46. The lowest BCUT2D eigenvalue weighted by molar-refractivity contribution is 0.128. The molecule has 1 aliphatic rings. The summed E-state index contributed by atoms with van der Waals surface area (Å²) < 4.78 is 5.46. The molecule has 96 valence electrons. The van der Waals surface area contributed by atoms with Gasteiger partial charge in [0.25, 0.3) is 0 Å². The Morgan fingerprint density at radius 2 is 1.88 bits per heavy atom. The van der Waals surface area contributed by atoms with Crippen LogP contribution in [0, 0.1) is 0 Å². The molecule has 3 heteroatoms. The maximum Gasteiger partial charge on any atom is 0.0590 e. The van der Waals surface area contributed by atoms with Crippen molar-refractivity contribution in [2.24, 2.45) is 0 Å². The molecule has 1 fully saturated rings. The number of ether oxygens (including phenoxy) is 1. The average molecular weight is 228 g/mol. The third-order valence-corrected chi connectivity index (χ3v) is 3.16. The van der Waals surface area contributed by atoms with E-state index < -0.39 is 0 Å². The summed E-state index contributed by atoms with van der Waals surface area (Å²) in [6.45, 7) is 11.0. The van der Waals surface area contributed by atoms with Gasteiger partial charge in [0.15, 0.2) is 0 Å². The highest BCUT2D eigenvalue weighted by Gasteiger charge is 2.17. The summed E-state index contributed by atoms with van der Waals surface area (Å²) in [5.74, 6) is 0. The van der Waals surface area contributed by atoms with Gasteiger partial charge in [-0.05, 0) is 45.3 Å². The van der Waals surface area contributed by atoms with Crippen LogP contribution in [0.1, 0.15) is 39.5 Å². The van der Waals surface area contributed by atoms with Crippen molar-refractivity contribution < 1.29 is 4.74 Å². The first kappa shape index (κ1) is 13.9. The molecule has 0 spiro atoms. The van der Waals surface area contributed by atoms with Gasteiger partial charge in [0.05, 0.1) is 6.61 Å². The van der Waals surface area contributed by atoms with Crippen LogP contribution in [0.3, 0.4) is 0 Å². The van der Waals surface area contributed by atoms with Crippen molar-refractivity contribution in [3.8, 4) is 0 Å². The first-order valence-electron chi connectivity index (χ1n) is 6.90. The molecule has 1 aliphatic heterocycles. The van der Waals surface area contributed by atoms with Crippen molar-refractivity contribution >= 4 is 0 Å². The molecule has 0 radical (unpaired) electrons. The van der Waals surface area contributed by atoms with Crippen LogP contribution >= 0.6 is 0 Å². The summed E-state index contributed by atoms with van der Waals surface area (Å²) in [5, 5.41) is 3.59. The molecule has 0 saturated carbocycles. The summed E-state index contributed by atoms with van der Waals surface area (Å²) in [7, 11) is 0. The standard InChI is InChI=1S/C13H28N2O/c1-3-8-15-9-5-13(6-10-15)14-7-12-16-11-4-2/h13-14H,3-12H2,1-2H3. The van der Waals surface area contributed by atoms with E-state index in [0.717, 1.165) is 32.2 Å². The Morgan fingerprint density at radius 3 is 2.50 bits per heavy atom. The van der Waals surface area contributed by atoms with E-state index in [1.54, 1.807) is 0 Å². The first-order chi connectivity index (χ1) is 7.86. The molecule has 3 nitrogen and oxygen atoms in total. The van der Waals surface area contributed by atoms with E-state index in [1.165, 1.54) is 38.9 Å². The summed E-state index contributed by atoms with van der Waals surface area (Å²) in [6, 6.07) is 0.721. The van der Waals surface area contributed by atoms with Crippen molar-refractivity contribution in [2.45, 2.75) is 45.6 Å². The molecule has 0 unspecified atom stereocenters. The molecule has 16 heavy (non-hydrogen) atoms. The predicted octanol–water partition coefficient (Wildman–Crippen LogP) is 1.88. The quantitative estimate of drug-likeness (QED) is 0.642. The largest absolute Gasteiger partial charge is 0.380 e. The lowest BCUT2D eigenvalue weighted by Gasteiger charge is -2.32. The number of piperidine rings is 1. The van der Waals surface area contributed by atoms with Crippen LogP contribution in [0.5, 0.6) is 0 Å². The minimum atomic E-state index is 0.721. The van der Waals surface area contributed by atoms with Crippen LogP contribution < -0.4 is 5.32 Å². The van der Waals surface area contributed by atoms with Crippen LogP contribution in [-0.2, 0) is 4.74 Å². The summed E-state index contributed by atoms with van der Waals surface area (Å²) >= 11 is 0. The smallest absolute Gasteiger partial charge is 0.0590 e. The number of likely N-dealkylation sites (tertiary alicyclic amines) is 1. The van der Waals surface area contributed by atoms with Crippen LogP contribution in [0.2, 0.25) is 0 Å². The van der Waals surface area contributed by atoms with E-state index in [0.29, 0.717) is 0 Å². The Morgan fingerprint density at radius 1 is 1.12 bits per heavy atom. The SMILES string of the molecule is CCCOCCNC1CCN(CCC)CC1. The predicted molar refractivity (Wildman–Crippen MR) is 68.9 cm³/mol. The van der Waals surface area contributed by atoms with E-state index >= 15 is 0 Å². The second kappa shape index (κ2) is 8.97. The normalized spacial score (nSPS) is 19.1. The number of nitrogens with zero attached hydrogens (tertiary/aromatic N) is 1. The van der Waals surface area contributed by atoms with E-state index in [-0.39, 0.29) is 0 Å². The van der Waals surface area contributed by atoms with Gasteiger partial charge in [-0.1, -0.05) is 13.8 Å². The van der Waals surface area contributed by atoms with Gasteiger partial charge < -0.3 is 15.0 Å². The molecule has 1 saturated heterocycles. The Balaban J connectivity index is 1.95. The topological polar surface area (TPSA) is 24.5 Å². The van der Waals surface area contributed by atoms with Crippen LogP contribution in [0.4, 0.5) is 0 Å². The number of hydrogen-bond acceptors (Lipinski definition) is 3. The highest BCUT2D eigenvalue weighted by atomic mass is 16.5. The van der Waals surface area contributed by atoms with Crippen molar-refractivity contribution in [1.29, 1.82) is 0 Å². The first-order valence-corrected chi connectivity index (χ1v) is 6.90. The Kier molecular flexibility index (Phi) is 7.81. The molecular weight excluding hydrogens is 200 g/mol. The van der Waals surface area contributed by atoms with Gasteiger partial charge >= 0.3 is 0 Å². The van der Waals surface area contributed by atoms with Crippen LogP contribution in [-0.4, -0.2) is 50.3 Å². The Labute approximate surface area is 101 Å². The zero-order chi connectivity index (χ0) is 11.6. The van der Waals surface area contributed by atoms with Crippen molar-refractivity contribution in [2.75, 3.05) is 39.4 Å². The second-order valence-electron chi connectivity index (χ2n) is 4.68. The molecule has 1 N–H and O–H groups in total. The van der Waals surface area contributed by atoms with Crippen molar-refractivity contribution in [1.82, 2.24) is 10.2 Å². The second-order valence-corrected chi connectivity index (χ2v) is 4.68. The molecule has 0 atom stereocenters. The van der Waals surface area contributed by atoms with Gasteiger partial charge in [-0.25, -0.2) is 0 Å². The fraction of sp³-hybridized carbons (Fsp3) is 1.00. The van der Waals surface area contributed by atoms with Gasteiger partial charge in [-0.3, -0.25) is 0 Å². The highest BCUT2D eigenvalue weighted by molar-refractivity contribution is 4.76. The van der Waals surface area contributed by atoms with E-state index in [2.05, 4.69) is 24.1 Å². The molecule has 1 heterocycles. The van der Waals surface area contributed by atoms with Crippen LogP contribution in [0.15, 0.2) is 0 Å². The summed E-state index contributed by atoms with van der Waals surface area (Å²) in [6.07, 6.45) is 5.00. The molecular formula is C13H28N2O.